The Bertz CT molecular complexity index is 1300. The molecule has 0 atom stereocenters. The minimum Gasteiger partial charge on any atom is -0.504 e. The molecule has 3 rings (SSSR count). The van der Waals surface area contributed by atoms with Crippen LogP contribution in [0.2, 0.25) is 10.0 Å². The number of sulfonamides is 1. The van der Waals surface area contributed by atoms with Gasteiger partial charge in [0, 0.05) is 10.6 Å². The maximum Gasteiger partial charge on any atom is 0.271 e. The van der Waals surface area contributed by atoms with Crippen molar-refractivity contribution in [3.8, 4) is 11.5 Å². The average molecular weight is 494 g/mol. The van der Waals surface area contributed by atoms with Crippen molar-refractivity contribution in [3.63, 3.8) is 0 Å². The Balaban J connectivity index is 1.74. The van der Waals surface area contributed by atoms with Crippen molar-refractivity contribution in [2.75, 3.05) is 11.8 Å². The van der Waals surface area contributed by atoms with Gasteiger partial charge >= 0.3 is 0 Å². The molecule has 3 aromatic rings. The molecule has 0 aliphatic heterocycles. The molecule has 3 aromatic carbocycles. The number of amides is 1. The minimum atomic E-state index is -4.03. The molecule has 166 valence electrons. The van der Waals surface area contributed by atoms with Gasteiger partial charge in [-0.3, -0.25) is 9.52 Å². The molecule has 0 spiro atoms. The zero-order valence-electron chi connectivity index (χ0n) is 16.5. The Hall–Kier alpha value is -3.27. The zero-order chi connectivity index (χ0) is 23.3. The lowest BCUT2D eigenvalue weighted by Crippen LogP contribution is -2.19. The number of hydrazone groups is 1. The number of hydrogen-bond acceptors (Lipinski definition) is 6. The van der Waals surface area contributed by atoms with Gasteiger partial charge in [-0.25, -0.2) is 13.8 Å². The van der Waals surface area contributed by atoms with Crippen molar-refractivity contribution in [1.29, 1.82) is 0 Å². The van der Waals surface area contributed by atoms with E-state index in [2.05, 4.69) is 15.2 Å². The van der Waals surface area contributed by atoms with Crippen LogP contribution < -0.4 is 14.9 Å². The van der Waals surface area contributed by atoms with E-state index in [0.29, 0.717) is 16.3 Å². The quantitative estimate of drug-likeness (QED) is 0.335. The van der Waals surface area contributed by atoms with Gasteiger partial charge in [-0.05, 0) is 60.2 Å². The third-order valence-corrected chi connectivity index (χ3v) is 6.09. The molecule has 8 nitrogen and oxygen atoms in total. The largest absolute Gasteiger partial charge is 0.504 e. The van der Waals surface area contributed by atoms with E-state index in [1.54, 1.807) is 12.1 Å². The van der Waals surface area contributed by atoms with E-state index in [4.69, 9.17) is 27.9 Å². The summed E-state index contributed by atoms with van der Waals surface area (Å²) in [5.41, 5.74) is 3.00. The number of benzene rings is 3. The summed E-state index contributed by atoms with van der Waals surface area (Å²) >= 11 is 11.9. The predicted octanol–water partition coefficient (Wildman–Crippen LogP) is 4.27. The normalized spacial score (nSPS) is 11.3. The van der Waals surface area contributed by atoms with Crippen molar-refractivity contribution in [3.05, 3.63) is 81.8 Å². The molecule has 0 bridgehead atoms. The van der Waals surface area contributed by atoms with E-state index in [0.717, 1.165) is 0 Å². The lowest BCUT2D eigenvalue weighted by molar-refractivity contribution is 0.0955. The first-order chi connectivity index (χ1) is 15.2. The standard InChI is InChI=1S/C21H17Cl2N3O5S/c1-31-20-8-5-13(9-19(20)27)12-24-25-21(28)14-3-2-4-16(10-14)32(29,30)26-18-11-15(22)6-7-17(18)23/h2-12,26-27H,1H3,(H,25,28)/b24-12+. The van der Waals surface area contributed by atoms with Gasteiger partial charge < -0.3 is 9.84 Å². The molecule has 0 unspecified atom stereocenters. The average Bonchev–Trinajstić information content (AvgIpc) is 2.76. The maximum absolute atomic E-state index is 12.7. The van der Waals surface area contributed by atoms with E-state index in [1.165, 1.54) is 61.9 Å². The Morgan fingerprint density at radius 2 is 1.88 bits per heavy atom. The van der Waals surface area contributed by atoms with Crippen LogP contribution in [0.3, 0.4) is 0 Å². The van der Waals surface area contributed by atoms with Crippen LogP contribution >= 0.6 is 23.2 Å². The summed E-state index contributed by atoms with van der Waals surface area (Å²) < 4.78 is 32.7. The lowest BCUT2D eigenvalue weighted by atomic mass is 10.2. The first kappa shape index (κ1) is 23.4. The van der Waals surface area contributed by atoms with Crippen molar-refractivity contribution < 1.29 is 23.1 Å². The third kappa shape index (κ3) is 5.70. The summed E-state index contributed by atoms with van der Waals surface area (Å²) in [5.74, 6) is -0.401. The number of nitrogens with one attached hydrogen (secondary N) is 2. The minimum absolute atomic E-state index is 0.0693. The van der Waals surface area contributed by atoms with E-state index < -0.39 is 15.9 Å². The highest BCUT2D eigenvalue weighted by Gasteiger charge is 2.18. The van der Waals surface area contributed by atoms with Crippen LogP contribution in [0.5, 0.6) is 11.5 Å². The highest BCUT2D eigenvalue weighted by Crippen LogP contribution is 2.28. The van der Waals surface area contributed by atoms with Gasteiger partial charge in [-0.2, -0.15) is 5.10 Å². The summed E-state index contributed by atoms with van der Waals surface area (Å²) in [5, 5.41) is 14.1. The second kappa shape index (κ2) is 9.90. The molecular weight excluding hydrogens is 477 g/mol. The van der Waals surface area contributed by atoms with Gasteiger partial charge in [-0.1, -0.05) is 29.3 Å². The summed E-state index contributed by atoms with van der Waals surface area (Å²) in [7, 11) is -2.61. The number of carbonyl (C=O) groups is 1. The third-order valence-electron chi connectivity index (χ3n) is 4.16. The fourth-order valence-electron chi connectivity index (χ4n) is 2.60. The number of aromatic hydroxyl groups is 1. The van der Waals surface area contributed by atoms with Crippen molar-refractivity contribution >= 4 is 51.0 Å². The maximum atomic E-state index is 12.7. The van der Waals surface area contributed by atoms with Gasteiger partial charge in [0.2, 0.25) is 0 Å². The molecule has 0 aliphatic carbocycles. The number of phenolic OH excluding ortho intramolecular Hbond substituents is 1. The fraction of sp³-hybridized carbons (Fsp3) is 0.0476. The predicted molar refractivity (Wildman–Crippen MR) is 123 cm³/mol. The molecule has 0 fully saturated rings. The summed E-state index contributed by atoms with van der Waals surface area (Å²) in [6.07, 6.45) is 1.32. The zero-order valence-corrected chi connectivity index (χ0v) is 18.9. The fourth-order valence-corrected chi connectivity index (χ4v) is 4.11. The Kier molecular flexibility index (Phi) is 7.24. The van der Waals surface area contributed by atoms with Gasteiger partial charge in [0.05, 0.1) is 28.9 Å². The molecule has 11 heteroatoms. The van der Waals surface area contributed by atoms with Crippen molar-refractivity contribution in [2.24, 2.45) is 5.10 Å². The smallest absolute Gasteiger partial charge is 0.271 e. The van der Waals surface area contributed by atoms with Crippen molar-refractivity contribution in [1.82, 2.24) is 5.43 Å². The van der Waals surface area contributed by atoms with Gasteiger partial charge in [0.1, 0.15) is 0 Å². The van der Waals surface area contributed by atoms with Crippen LogP contribution in [0.1, 0.15) is 15.9 Å². The molecule has 1 amide bonds. The Morgan fingerprint density at radius 3 is 2.59 bits per heavy atom. The van der Waals surface area contributed by atoms with Gasteiger partial charge in [0.25, 0.3) is 15.9 Å². The topological polar surface area (TPSA) is 117 Å². The van der Waals surface area contributed by atoms with Gasteiger partial charge in [0.15, 0.2) is 11.5 Å². The van der Waals surface area contributed by atoms with Crippen LogP contribution in [-0.4, -0.2) is 32.8 Å². The second-order valence-corrected chi connectivity index (χ2v) is 8.91. The second-order valence-electron chi connectivity index (χ2n) is 6.39. The number of hydrogen-bond donors (Lipinski definition) is 3. The molecule has 0 saturated carbocycles. The number of nitrogens with zero attached hydrogens (tertiary/aromatic N) is 1. The number of methoxy groups -OCH3 is 1. The molecule has 3 N–H and O–H groups in total. The molecular formula is C21H17Cl2N3O5S. The number of phenols is 1. The number of ether oxygens (including phenoxy) is 1. The van der Waals surface area contributed by atoms with Crippen LogP contribution in [0.25, 0.3) is 0 Å². The van der Waals surface area contributed by atoms with E-state index in [9.17, 15) is 18.3 Å². The number of anilines is 1. The van der Waals surface area contributed by atoms with Gasteiger partial charge in [-0.15, -0.1) is 0 Å². The Morgan fingerprint density at radius 1 is 1.09 bits per heavy atom. The monoisotopic (exact) mass is 493 g/mol. The number of halogens is 2. The first-order valence-electron chi connectivity index (χ1n) is 8.98. The first-order valence-corrected chi connectivity index (χ1v) is 11.2. The lowest BCUT2D eigenvalue weighted by Gasteiger charge is -2.11. The molecule has 0 saturated heterocycles. The summed E-state index contributed by atoms with van der Waals surface area (Å²) in [6, 6.07) is 14.4. The van der Waals surface area contributed by atoms with Crippen LogP contribution in [0.4, 0.5) is 5.69 Å². The molecule has 0 aromatic heterocycles. The van der Waals surface area contributed by atoms with Crippen molar-refractivity contribution in [2.45, 2.75) is 4.90 Å². The summed E-state index contributed by atoms with van der Waals surface area (Å²) in [6.45, 7) is 0. The van der Waals surface area contributed by atoms with E-state index in [1.807, 2.05) is 0 Å². The SMILES string of the molecule is COc1ccc(/C=N/NC(=O)c2cccc(S(=O)(=O)Nc3cc(Cl)ccc3Cl)c2)cc1O. The highest BCUT2D eigenvalue weighted by atomic mass is 35.5. The van der Waals surface area contributed by atoms with Crippen LogP contribution in [-0.2, 0) is 10.0 Å². The number of carbonyl (C=O) groups excluding carboxylic acids is 1. The molecule has 0 radical (unpaired) electrons. The number of rotatable bonds is 7. The molecule has 32 heavy (non-hydrogen) atoms. The van der Waals surface area contributed by atoms with Crippen LogP contribution in [0.15, 0.2) is 70.7 Å². The van der Waals surface area contributed by atoms with E-state index >= 15 is 0 Å². The molecule has 0 heterocycles. The highest BCUT2D eigenvalue weighted by molar-refractivity contribution is 7.92. The van der Waals surface area contributed by atoms with Crippen LogP contribution in [0, 0.1) is 0 Å². The van der Waals surface area contributed by atoms with E-state index in [-0.39, 0.29) is 26.9 Å². The Labute approximate surface area is 194 Å². The molecule has 0 aliphatic rings. The summed E-state index contributed by atoms with van der Waals surface area (Å²) in [4.78, 5) is 12.2.